The second-order valence-corrected chi connectivity index (χ2v) is 5.69. The molecule has 0 aromatic heterocycles. The topological polar surface area (TPSA) is 78.4 Å². The molecule has 0 fully saturated rings. The highest BCUT2D eigenvalue weighted by molar-refractivity contribution is 5.99. The van der Waals surface area contributed by atoms with Gasteiger partial charge in [-0.05, 0) is 37.0 Å². The normalized spacial score (nSPS) is 12.0. The summed E-state index contributed by atoms with van der Waals surface area (Å²) >= 11 is 0. The Morgan fingerprint density at radius 3 is 2.14 bits per heavy atom. The quantitative estimate of drug-likeness (QED) is 0.687. The predicted molar refractivity (Wildman–Crippen MR) is 86.9 cm³/mol. The van der Waals surface area contributed by atoms with Crippen molar-refractivity contribution >= 4 is 11.8 Å². The Morgan fingerprint density at radius 1 is 1.09 bits per heavy atom. The molecule has 0 radical (unpaired) electrons. The van der Waals surface area contributed by atoms with Crippen molar-refractivity contribution in [3.05, 3.63) is 35.4 Å². The van der Waals surface area contributed by atoms with E-state index in [9.17, 15) is 14.7 Å². The van der Waals surface area contributed by atoms with Crippen LogP contribution in [0.1, 0.15) is 54.3 Å². The number of carbonyl (C=O) groups excluding carboxylic acids is 2. The minimum absolute atomic E-state index is 0.169. The molecule has 3 N–H and O–H groups in total. The SMILES string of the molecule is CCCNC(=O)c1cccc(C(=O)NCCC(O)C(C)C)c1. The third kappa shape index (κ3) is 5.85. The van der Waals surface area contributed by atoms with Crippen LogP contribution in [0.5, 0.6) is 0 Å². The Labute approximate surface area is 132 Å². The lowest BCUT2D eigenvalue weighted by Crippen LogP contribution is -2.29. The molecule has 1 aromatic carbocycles. The lowest BCUT2D eigenvalue weighted by Gasteiger charge is -2.14. The molecule has 0 aliphatic rings. The lowest BCUT2D eigenvalue weighted by molar-refractivity contribution is 0.0920. The third-order valence-corrected chi connectivity index (χ3v) is 3.42. The van der Waals surface area contributed by atoms with Gasteiger partial charge in [-0.1, -0.05) is 26.8 Å². The van der Waals surface area contributed by atoms with E-state index in [1.165, 1.54) is 0 Å². The zero-order chi connectivity index (χ0) is 16.5. The second-order valence-electron chi connectivity index (χ2n) is 5.69. The molecule has 0 saturated carbocycles. The summed E-state index contributed by atoms with van der Waals surface area (Å²) in [5, 5.41) is 15.3. The van der Waals surface area contributed by atoms with Crippen molar-refractivity contribution in [1.82, 2.24) is 10.6 Å². The molecule has 1 aromatic rings. The molecule has 5 heteroatoms. The molecule has 1 atom stereocenters. The first kappa shape index (κ1) is 18.2. The van der Waals surface area contributed by atoms with Gasteiger partial charge in [-0.3, -0.25) is 9.59 Å². The van der Waals surface area contributed by atoms with Gasteiger partial charge in [0.1, 0.15) is 0 Å². The first-order chi connectivity index (χ1) is 10.5. The molecular formula is C17H26N2O3. The number of carbonyl (C=O) groups is 2. The van der Waals surface area contributed by atoms with Gasteiger partial charge < -0.3 is 15.7 Å². The average Bonchev–Trinajstić information content (AvgIpc) is 2.52. The Bertz CT molecular complexity index is 500. The molecule has 5 nitrogen and oxygen atoms in total. The predicted octanol–water partition coefficient (Wildman–Crippen LogP) is 1.96. The zero-order valence-corrected chi connectivity index (χ0v) is 13.6. The summed E-state index contributed by atoms with van der Waals surface area (Å²) in [7, 11) is 0. The maximum absolute atomic E-state index is 12.1. The van der Waals surface area contributed by atoms with Gasteiger partial charge in [0.15, 0.2) is 0 Å². The van der Waals surface area contributed by atoms with Crippen molar-refractivity contribution in [2.75, 3.05) is 13.1 Å². The second kappa shape index (κ2) is 9.20. The van der Waals surface area contributed by atoms with Crippen molar-refractivity contribution in [2.24, 2.45) is 5.92 Å². The molecule has 0 heterocycles. The number of hydrogen-bond donors (Lipinski definition) is 3. The summed E-state index contributed by atoms with van der Waals surface area (Å²) < 4.78 is 0. The van der Waals surface area contributed by atoms with Crippen LogP contribution < -0.4 is 10.6 Å². The molecule has 122 valence electrons. The highest BCUT2D eigenvalue weighted by atomic mass is 16.3. The first-order valence-corrected chi connectivity index (χ1v) is 7.80. The average molecular weight is 306 g/mol. The Hall–Kier alpha value is -1.88. The van der Waals surface area contributed by atoms with E-state index in [0.29, 0.717) is 30.6 Å². The van der Waals surface area contributed by atoms with Gasteiger partial charge >= 0.3 is 0 Å². The van der Waals surface area contributed by atoms with Gasteiger partial charge in [0, 0.05) is 24.2 Å². The first-order valence-electron chi connectivity index (χ1n) is 7.80. The summed E-state index contributed by atoms with van der Waals surface area (Å²) in [6.45, 7) is 6.87. The Balaban J connectivity index is 2.57. The third-order valence-electron chi connectivity index (χ3n) is 3.42. The summed E-state index contributed by atoms with van der Waals surface area (Å²) in [6.07, 6.45) is 0.955. The number of benzene rings is 1. The molecule has 0 aliphatic carbocycles. The van der Waals surface area contributed by atoms with Gasteiger partial charge in [0.25, 0.3) is 11.8 Å². The van der Waals surface area contributed by atoms with Crippen LogP contribution in [0.3, 0.4) is 0 Å². The van der Waals surface area contributed by atoms with E-state index < -0.39 is 6.10 Å². The number of aliphatic hydroxyl groups excluding tert-OH is 1. The van der Waals surface area contributed by atoms with Crippen LogP contribution in [0.25, 0.3) is 0 Å². The molecule has 1 unspecified atom stereocenters. The molecule has 0 spiro atoms. The summed E-state index contributed by atoms with van der Waals surface area (Å²) in [6, 6.07) is 6.63. The van der Waals surface area contributed by atoms with Crippen molar-refractivity contribution in [2.45, 2.75) is 39.7 Å². The van der Waals surface area contributed by atoms with Crippen molar-refractivity contribution in [1.29, 1.82) is 0 Å². The van der Waals surface area contributed by atoms with Crippen molar-refractivity contribution in [3.8, 4) is 0 Å². The minimum Gasteiger partial charge on any atom is -0.393 e. The minimum atomic E-state index is -0.425. The Kier molecular flexibility index (Phi) is 7.60. The molecule has 2 amide bonds. The van der Waals surface area contributed by atoms with Gasteiger partial charge in [-0.15, -0.1) is 0 Å². The maximum Gasteiger partial charge on any atom is 0.251 e. The van der Waals surface area contributed by atoms with E-state index in [0.717, 1.165) is 6.42 Å². The van der Waals surface area contributed by atoms with Crippen LogP contribution in [0, 0.1) is 5.92 Å². The standard InChI is InChI=1S/C17H26N2O3/c1-4-9-18-16(21)13-6-5-7-14(11-13)17(22)19-10-8-15(20)12(2)3/h5-7,11-12,15,20H,4,8-10H2,1-3H3,(H,18,21)(H,19,22). The molecule has 22 heavy (non-hydrogen) atoms. The van der Waals surface area contributed by atoms with E-state index >= 15 is 0 Å². The fourth-order valence-electron chi connectivity index (χ4n) is 1.91. The van der Waals surface area contributed by atoms with E-state index in [1.807, 2.05) is 20.8 Å². The molecular weight excluding hydrogens is 280 g/mol. The van der Waals surface area contributed by atoms with Crippen LogP contribution in [-0.2, 0) is 0 Å². The largest absolute Gasteiger partial charge is 0.393 e. The fourth-order valence-corrected chi connectivity index (χ4v) is 1.91. The number of hydrogen-bond acceptors (Lipinski definition) is 3. The van der Waals surface area contributed by atoms with Crippen LogP contribution in [0.4, 0.5) is 0 Å². The van der Waals surface area contributed by atoms with Crippen molar-refractivity contribution < 1.29 is 14.7 Å². The summed E-state index contributed by atoms with van der Waals surface area (Å²) in [4.78, 5) is 23.9. The van der Waals surface area contributed by atoms with Crippen molar-refractivity contribution in [3.63, 3.8) is 0 Å². The van der Waals surface area contributed by atoms with Crippen LogP contribution >= 0.6 is 0 Å². The van der Waals surface area contributed by atoms with Gasteiger partial charge in [-0.2, -0.15) is 0 Å². The summed E-state index contributed by atoms with van der Waals surface area (Å²) in [5.41, 5.74) is 0.923. The monoisotopic (exact) mass is 306 g/mol. The van der Waals surface area contributed by atoms with E-state index in [1.54, 1.807) is 24.3 Å². The van der Waals surface area contributed by atoms with E-state index in [-0.39, 0.29) is 17.7 Å². The van der Waals surface area contributed by atoms with Gasteiger partial charge in [-0.25, -0.2) is 0 Å². The Morgan fingerprint density at radius 2 is 1.64 bits per heavy atom. The van der Waals surface area contributed by atoms with Crippen LogP contribution in [0.15, 0.2) is 24.3 Å². The van der Waals surface area contributed by atoms with Crippen LogP contribution in [0.2, 0.25) is 0 Å². The number of nitrogens with one attached hydrogen (secondary N) is 2. The molecule has 0 aliphatic heterocycles. The van der Waals surface area contributed by atoms with E-state index in [2.05, 4.69) is 10.6 Å². The smallest absolute Gasteiger partial charge is 0.251 e. The van der Waals surface area contributed by atoms with Gasteiger partial charge in [0.2, 0.25) is 0 Å². The number of amides is 2. The fraction of sp³-hybridized carbons (Fsp3) is 0.529. The lowest BCUT2D eigenvalue weighted by atomic mass is 10.0. The van der Waals surface area contributed by atoms with E-state index in [4.69, 9.17) is 0 Å². The van der Waals surface area contributed by atoms with Gasteiger partial charge in [0.05, 0.1) is 6.10 Å². The van der Waals surface area contributed by atoms with Crippen LogP contribution in [-0.4, -0.2) is 36.1 Å². The zero-order valence-electron chi connectivity index (χ0n) is 13.6. The summed E-state index contributed by atoms with van der Waals surface area (Å²) in [5.74, 6) is -0.240. The number of rotatable bonds is 8. The maximum atomic E-state index is 12.1. The highest BCUT2D eigenvalue weighted by Gasteiger charge is 2.12. The number of aliphatic hydroxyl groups is 1. The molecule has 0 saturated heterocycles. The molecule has 0 bridgehead atoms. The molecule has 1 rings (SSSR count). The highest BCUT2D eigenvalue weighted by Crippen LogP contribution is 2.07.